The van der Waals surface area contributed by atoms with Gasteiger partial charge in [0.05, 0.1) is 11.6 Å². The fourth-order valence-electron chi connectivity index (χ4n) is 4.05. The van der Waals surface area contributed by atoms with E-state index in [9.17, 15) is 14.4 Å². The Kier molecular flexibility index (Phi) is 7.77. The Balaban J connectivity index is 1.38. The van der Waals surface area contributed by atoms with Gasteiger partial charge in [-0.1, -0.05) is 42.0 Å². The van der Waals surface area contributed by atoms with Gasteiger partial charge in [-0.3, -0.25) is 4.79 Å². The number of carbonyl (C=O) groups is 3. The molecule has 1 fully saturated rings. The van der Waals surface area contributed by atoms with E-state index in [-0.39, 0.29) is 18.4 Å². The van der Waals surface area contributed by atoms with E-state index in [1.54, 1.807) is 17.2 Å². The molecule has 4 amide bonds. The van der Waals surface area contributed by atoms with Crippen LogP contribution in [0.2, 0.25) is 0 Å². The van der Waals surface area contributed by atoms with Gasteiger partial charge in [0, 0.05) is 35.6 Å². The van der Waals surface area contributed by atoms with Crippen LogP contribution >= 0.6 is 11.3 Å². The number of ether oxygens (including phenoxy) is 1. The Bertz CT molecular complexity index is 1200. The highest BCUT2D eigenvalue weighted by Gasteiger charge is 2.27. The van der Waals surface area contributed by atoms with E-state index >= 15 is 0 Å². The summed E-state index contributed by atoms with van der Waals surface area (Å²) in [7, 11) is 0. The van der Waals surface area contributed by atoms with E-state index in [0.717, 1.165) is 27.4 Å². The molecule has 1 aliphatic rings. The number of alkyl carbamates (subject to hydrolysis) is 1. The van der Waals surface area contributed by atoms with E-state index in [2.05, 4.69) is 21.7 Å². The van der Waals surface area contributed by atoms with Crippen molar-refractivity contribution in [2.45, 2.75) is 32.6 Å². The zero-order valence-corrected chi connectivity index (χ0v) is 20.6. The third-order valence-corrected chi connectivity index (χ3v) is 6.89. The summed E-state index contributed by atoms with van der Waals surface area (Å²) in [6.45, 7) is 4.91. The van der Waals surface area contributed by atoms with E-state index in [4.69, 9.17) is 4.74 Å². The minimum Gasteiger partial charge on any atom is -0.450 e. The Morgan fingerprint density at radius 1 is 1.11 bits per heavy atom. The molecular weight excluding hydrogens is 464 g/mol. The van der Waals surface area contributed by atoms with Gasteiger partial charge in [-0.2, -0.15) is 0 Å². The summed E-state index contributed by atoms with van der Waals surface area (Å²) in [5.41, 5.74) is 4.22. The van der Waals surface area contributed by atoms with Crippen molar-refractivity contribution in [2.75, 3.05) is 25.0 Å². The number of imide groups is 1. The second-order valence-electron chi connectivity index (χ2n) is 8.35. The topological polar surface area (TPSA) is 101 Å². The molecule has 3 aromatic rings. The summed E-state index contributed by atoms with van der Waals surface area (Å²) in [4.78, 5) is 42.9. The third-order valence-electron chi connectivity index (χ3n) is 5.88. The van der Waals surface area contributed by atoms with Gasteiger partial charge in [0.15, 0.2) is 0 Å². The van der Waals surface area contributed by atoms with Crippen LogP contribution < -0.4 is 10.6 Å². The van der Waals surface area contributed by atoms with Crippen LogP contribution in [0.1, 0.15) is 46.7 Å². The largest absolute Gasteiger partial charge is 0.450 e. The van der Waals surface area contributed by atoms with Crippen molar-refractivity contribution >= 4 is 35.1 Å². The number of anilines is 1. The van der Waals surface area contributed by atoms with E-state index in [1.165, 1.54) is 11.3 Å². The molecule has 2 N–H and O–H groups in total. The number of amides is 4. The summed E-state index contributed by atoms with van der Waals surface area (Å²) < 4.78 is 4.76. The number of benzene rings is 2. The minimum atomic E-state index is -0.737. The Hall–Kier alpha value is -3.72. The molecule has 35 heavy (non-hydrogen) atoms. The van der Waals surface area contributed by atoms with Crippen LogP contribution in [0, 0.1) is 6.92 Å². The van der Waals surface area contributed by atoms with Gasteiger partial charge in [-0.15, -0.1) is 11.3 Å². The molecule has 0 aliphatic carbocycles. The number of aryl methyl sites for hydroxylation is 1. The molecule has 1 aromatic heterocycles. The van der Waals surface area contributed by atoms with Gasteiger partial charge in [0.25, 0.3) is 5.91 Å². The first kappa shape index (κ1) is 24.4. The quantitative estimate of drug-likeness (QED) is 0.496. The number of piperidine rings is 1. The van der Waals surface area contributed by atoms with Crippen LogP contribution in [0.3, 0.4) is 0 Å². The number of urea groups is 1. The standard InChI is InChI=1S/C26H28N4O4S/c1-3-34-26(33)29-25(32)30-13-11-19(12-14-30)24-28-22(16-35-24)23(31)27-21-10-9-17(2)15-20(21)18-7-5-4-6-8-18/h4-10,15-16,19H,3,11-14H2,1-2H3,(H,27,31)(H,29,32,33). The predicted molar refractivity (Wildman–Crippen MR) is 136 cm³/mol. The maximum absolute atomic E-state index is 13.0. The van der Waals surface area contributed by atoms with Crippen molar-refractivity contribution in [1.82, 2.24) is 15.2 Å². The van der Waals surface area contributed by atoms with Crippen LogP contribution in [0.25, 0.3) is 11.1 Å². The number of rotatable bonds is 5. The van der Waals surface area contributed by atoms with Gasteiger partial charge in [0.1, 0.15) is 5.69 Å². The fourth-order valence-corrected chi connectivity index (χ4v) is 5.02. The van der Waals surface area contributed by atoms with Crippen molar-refractivity contribution in [3.8, 4) is 11.1 Å². The predicted octanol–water partition coefficient (Wildman–Crippen LogP) is 5.42. The number of nitrogens with one attached hydrogen (secondary N) is 2. The van der Waals surface area contributed by atoms with Crippen LogP contribution in [0.5, 0.6) is 0 Å². The van der Waals surface area contributed by atoms with Crippen molar-refractivity contribution in [3.63, 3.8) is 0 Å². The molecule has 0 spiro atoms. The molecule has 0 radical (unpaired) electrons. The van der Waals surface area contributed by atoms with Gasteiger partial charge >= 0.3 is 12.1 Å². The van der Waals surface area contributed by atoms with Crippen molar-refractivity contribution in [2.24, 2.45) is 0 Å². The number of nitrogens with zero attached hydrogens (tertiary/aromatic N) is 2. The summed E-state index contributed by atoms with van der Waals surface area (Å²) in [6.07, 6.45) is 0.682. The van der Waals surface area contributed by atoms with Gasteiger partial charge in [-0.25, -0.2) is 19.9 Å². The Labute approximate surface area is 208 Å². The molecule has 4 rings (SSSR count). The van der Waals surface area contributed by atoms with Crippen molar-refractivity contribution in [1.29, 1.82) is 0 Å². The monoisotopic (exact) mass is 492 g/mol. The maximum atomic E-state index is 13.0. The lowest BCUT2D eigenvalue weighted by Gasteiger charge is -2.30. The average Bonchev–Trinajstić information content (AvgIpc) is 3.36. The third kappa shape index (κ3) is 6.05. The van der Waals surface area contributed by atoms with E-state index in [0.29, 0.717) is 31.6 Å². The lowest BCUT2D eigenvalue weighted by Crippen LogP contribution is -2.46. The lowest BCUT2D eigenvalue weighted by molar-refractivity contribution is 0.102. The first-order valence-electron chi connectivity index (χ1n) is 11.6. The van der Waals surface area contributed by atoms with Crippen LogP contribution in [0.15, 0.2) is 53.9 Å². The van der Waals surface area contributed by atoms with Crippen LogP contribution in [0.4, 0.5) is 15.3 Å². The minimum absolute atomic E-state index is 0.160. The molecular formula is C26H28N4O4S. The molecule has 0 atom stereocenters. The molecule has 182 valence electrons. The van der Waals surface area contributed by atoms with Crippen molar-refractivity contribution < 1.29 is 19.1 Å². The summed E-state index contributed by atoms with van der Waals surface area (Å²) in [5, 5.41) is 7.91. The molecule has 8 nitrogen and oxygen atoms in total. The molecule has 0 unspecified atom stereocenters. The Morgan fingerprint density at radius 3 is 2.57 bits per heavy atom. The zero-order valence-electron chi connectivity index (χ0n) is 19.7. The molecule has 9 heteroatoms. The smallest absolute Gasteiger partial charge is 0.415 e. The van der Waals surface area contributed by atoms with Crippen LogP contribution in [-0.2, 0) is 4.74 Å². The molecule has 1 aliphatic heterocycles. The van der Waals surface area contributed by atoms with E-state index in [1.807, 2.05) is 49.4 Å². The first-order valence-corrected chi connectivity index (χ1v) is 12.5. The van der Waals surface area contributed by atoms with Gasteiger partial charge in [-0.05, 0) is 44.4 Å². The number of carbonyl (C=O) groups excluding carboxylic acids is 3. The van der Waals surface area contributed by atoms with Crippen LogP contribution in [-0.4, -0.2) is 47.6 Å². The maximum Gasteiger partial charge on any atom is 0.415 e. The molecule has 2 aromatic carbocycles. The molecule has 0 bridgehead atoms. The average molecular weight is 493 g/mol. The number of aromatic nitrogens is 1. The fraction of sp³-hybridized carbons (Fsp3) is 0.308. The highest BCUT2D eigenvalue weighted by Crippen LogP contribution is 2.32. The molecule has 0 saturated carbocycles. The molecule has 1 saturated heterocycles. The number of likely N-dealkylation sites (tertiary alicyclic amines) is 1. The zero-order chi connectivity index (χ0) is 24.8. The highest BCUT2D eigenvalue weighted by atomic mass is 32.1. The Morgan fingerprint density at radius 2 is 1.86 bits per heavy atom. The number of thiazole rings is 1. The first-order chi connectivity index (χ1) is 16.9. The second-order valence-corrected chi connectivity index (χ2v) is 9.24. The summed E-state index contributed by atoms with van der Waals surface area (Å²) >= 11 is 1.46. The van der Waals surface area contributed by atoms with Crippen molar-refractivity contribution in [3.05, 3.63) is 70.2 Å². The SMILES string of the molecule is CCOC(=O)NC(=O)N1CCC(c2nc(C(=O)Nc3ccc(C)cc3-c3ccccc3)cs2)CC1. The normalized spacial score (nSPS) is 13.8. The second kappa shape index (κ2) is 11.1. The lowest BCUT2D eigenvalue weighted by atomic mass is 9.98. The van der Waals surface area contributed by atoms with Gasteiger partial charge in [0.2, 0.25) is 0 Å². The number of hydrogen-bond donors (Lipinski definition) is 2. The van der Waals surface area contributed by atoms with E-state index < -0.39 is 12.1 Å². The number of hydrogen-bond acceptors (Lipinski definition) is 6. The highest BCUT2D eigenvalue weighted by molar-refractivity contribution is 7.10. The summed E-state index contributed by atoms with van der Waals surface area (Å²) in [6, 6.07) is 15.4. The summed E-state index contributed by atoms with van der Waals surface area (Å²) in [5.74, 6) is -0.0905. The molecule has 2 heterocycles. The van der Waals surface area contributed by atoms with Gasteiger partial charge < -0.3 is 15.0 Å².